The monoisotopic (exact) mass is 275 g/mol. The van der Waals surface area contributed by atoms with E-state index in [0.717, 1.165) is 11.5 Å². The average Bonchev–Trinajstić information content (AvgIpc) is 2.86. The van der Waals surface area contributed by atoms with E-state index in [1.54, 1.807) is 12.4 Å². The summed E-state index contributed by atoms with van der Waals surface area (Å²) in [6, 6.07) is 3.61. The maximum absolute atomic E-state index is 6.04. The summed E-state index contributed by atoms with van der Waals surface area (Å²) in [5.41, 5.74) is 7.45. The lowest BCUT2D eigenvalue weighted by molar-refractivity contribution is 0.172. The van der Waals surface area contributed by atoms with Gasteiger partial charge in [0.25, 0.3) is 0 Å². The molecule has 1 atom stereocenters. The van der Waals surface area contributed by atoms with E-state index in [2.05, 4.69) is 15.5 Å². The van der Waals surface area contributed by atoms with Crippen LogP contribution in [0.4, 0.5) is 11.4 Å². The summed E-state index contributed by atoms with van der Waals surface area (Å²) >= 11 is 0. The Morgan fingerprint density at radius 1 is 1.30 bits per heavy atom. The Morgan fingerprint density at radius 3 is 2.65 bits per heavy atom. The molecule has 1 aromatic carbocycles. The van der Waals surface area contributed by atoms with Crippen LogP contribution >= 0.6 is 0 Å². The third-order valence-corrected chi connectivity index (χ3v) is 3.22. The fraction of sp³-hybridized carbons (Fsp3) is 0.385. The summed E-state index contributed by atoms with van der Waals surface area (Å²) in [4.78, 5) is 0. The fourth-order valence-corrected chi connectivity index (χ4v) is 2.21. The Hall–Kier alpha value is -2.44. The third kappa shape index (κ3) is 2.22. The number of nitrogens with one attached hydrogen (secondary N) is 1. The number of aromatic nitrogens is 3. The lowest BCUT2D eigenvalue weighted by Crippen LogP contribution is -2.17. The van der Waals surface area contributed by atoms with Gasteiger partial charge in [0.1, 0.15) is 19.5 Å². The summed E-state index contributed by atoms with van der Waals surface area (Å²) in [5, 5.41) is 11.3. The molecule has 0 amide bonds. The molecule has 1 aliphatic rings. The number of ether oxygens (including phenoxy) is 2. The van der Waals surface area contributed by atoms with Crippen LogP contribution in [0.5, 0.6) is 11.5 Å². The van der Waals surface area contributed by atoms with Gasteiger partial charge in [0.05, 0.1) is 17.4 Å². The van der Waals surface area contributed by atoms with Gasteiger partial charge in [0, 0.05) is 19.2 Å². The SMILES string of the molecule is CC(Nc1cc2c(cc1N)OCCO2)c1nncn1C. The number of nitrogens with two attached hydrogens (primary N) is 1. The van der Waals surface area contributed by atoms with Crippen molar-refractivity contribution in [3.05, 3.63) is 24.3 Å². The number of aryl methyl sites for hydroxylation is 1. The molecule has 2 aromatic rings. The molecule has 1 aromatic heterocycles. The highest BCUT2D eigenvalue weighted by Gasteiger charge is 2.17. The van der Waals surface area contributed by atoms with Gasteiger partial charge in [-0.25, -0.2) is 0 Å². The van der Waals surface area contributed by atoms with E-state index in [1.165, 1.54) is 0 Å². The molecule has 0 bridgehead atoms. The van der Waals surface area contributed by atoms with Crippen molar-refractivity contribution in [2.75, 3.05) is 24.3 Å². The summed E-state index contributed by atoms with van der Waals surface area (Å²) < 4.78 is 12.9. The lowest BCUT2D eigenvalue weighted by atomic mass is 10.2. The number of nitrogen functional groups attached to an aromatic ring is 1. The van der Waals surface area contributed by atoms with E-state index < -0.39 is 0 Å². The quantitative estimate of drug-likeness (QED) is 0.822. The molecular weight excluding hydrogens is 258 g/mol. The second kappa shape index (κ2) is 4.92. The van der Waals surface area contributed by atoms with Crippen molar-refractivity contribution in [1.82, 2.24) is 14.8 Å². The standard InChI is InChI=1S/C13H17N5O2/c1-8(13-17-15-7-18(13)2)16-10-6-12-11(5-9(10)14)19-3-4-20-12/h5-8,16H,3-4,14H2,1-2H3. The normalized spacial score (nSPS) is 14.9. The molecule has 0 saturated carbocycles. The van der Waals surface area contributed by atoms with Gasteiger partial charge < -0.3 is 25.1 Å². The second-order valence-electron chi connectivity index (χ2n) is 4.75. The highest BCUT2D eigenvalue weighted by molar-refractivity contribution is 5.72. The largest absolute Gasteiger partial charge is 0.486 e. The van der Waals surface area contributed by atoms with Gasteiger partial charge in [-0.3, -0.25) is 0 Å². The molecule has 7 heteroatoms. The summed E-state index contributed by atoms with van der Waals surface area (Å²) in [6.07, 6.45) is 1.67. The highest BCUT2D eigenvalue weighted by atomic mass is 16.6. The van der Waals surface area contributed by atoms with Crippen molar-refractivity contribution in [2.24, 2.45) is 7.05 Å². The van der Waals surface area contributed by atoms with E-state index in [0.29, 0.717) is 30.4 Å². The molecule has 3 N–H and O–H groups in total. The molecule has 3 rings (SSSR count). The first-order valence-corrected chi connectivity index (χ1v) is 6.44. The first kappa shape index (κ1) is 12.6. The molecular formula is C13H17N5O2. The van der Waals surface area contributed by atoms with E-state index in [1.807, 2.05) is 24.6 Å². The highest BCUT2D eigenvalue weighted by Crippen LogP contribution is 2.37. The number of anilines is 2. The minimum Gasteiger partial charge on any atom is -0.486 e. The first-order chi connectivity index (χ1) is 9.65. The van der Waals surface area contributed by atoms with Gasteiger partial charge in [0.2, 0.25) is 0 Å². The molecule has 0 fully saturated rings. The van der Waals surface area contributed by atoms with E-state index in [4.69, 9.17) is 15.2 Å². The Kier molecular flexibility index (Phi) is 3.09. The Balaban J connectivity index is 1.85. The van der Waals surface area contributed by atoms with Gasteiger partial charge in [0.15, 0.2) is 17.3 Å². The fourth-order valence-electron chi connectivity index (χ4n) is 2.21. The van der Waals surface area contributed by atoms with Crippen molar-refractivity contribution in [2.45, 2.75) is 13.0 Å². The van der Waals surface area contributed by atoms with E-state index >= 15 is 0 Å². The van der Waals surface area contributed by atoms with Crippen molar-refractivity contribution in [3.8, 4) is 11.5 Å². The molecule has 0 saturated heterocycles. The molecule has 0 radical (unpaired) electrons. The van der Waals surface area contributed by atoms with Crippen LogP contribution in [-0.4, -0.2) is 28.0 Å². The van der Waals surface area contributed by atoms with Crippen LogP contribution in [0, 0.1) is 0 Å². The Bertz CT molecular complexity index is 625. The molecule has 7 nitrogen and oxygen atoms in total. The van der Waals surface area contributed by atoms with Crippen LogP contribution in [0.1, 0.15) is 18.8 Å². The first-order valence-electron chi connectivity index (χ1n) is 6.44. The van der Waals surface area contributed by atoms with Crippen LogP contribution < -0.4 is 20.5 Å². The number of nitrogens with zero attached hydrogens (tertiary/aromatic N) is 3. The maximum atomic E-state index is 6.04. The van der Waals surface area contributed by atoms with Crippen molar-refractivity contribution in [3.63, 3.8) is 0 Å². The zero-order valence-electron chi connectivity index (χ0n) is 11.5. The van der Waals surface area contributed by atoms with Gasteiger partial charge >= 0.3 is 0 Å². The van der Waals surface area contributed by atoms with Crippen LogP contribution in [0.15, 0.2) is 18.5 Å². The zero-order valence-corrected chi connectivity index (χ0v) is 11.5. The van der Waals surface area contributed by atoms with Crippen LogP contribution in [0.2, 0.25) is 0 Å². The van der Waals surface area contributed by atoms with Gasteiger partial charge in [-0.15, -0.1) is 10.2 Å². The van der Waals surface area contributed by atoms with Crippen LogP contribution in [0.3, 0.4) is 0 Å². The van der Waals surface area contributed by atoms with Crippen molar-refractivity contribution in [1.29, 1.82) is 0 Å². The minimum atomic E-state index is -0.0210. The Labute approximate surface area is 116 Å². The smallest absolute Gasteiger partial charge is 0.163 e. The molecule has 0 aliphatic carbocycles. The average molecular weight is 275 g/mol. The van der Waals surface area contributed by atoms with Gasteiger partial charge in [-0.05, 0) is 6.92 Å². The maximum Gasteiger partial charge on any atom is 0.163 e. The van der Waals surface area contributed by atoms with Crippen molar-refractivity contribution < 1.29 is 9.47 Å². The predicted octanol–water partition coefficient (Wildman–Crippen LogP) is 1.34. The summed E-state index contributed by atoms with van der Waals surface area (Å²) in [6.45, 7) is 3.10. The summed E-state index contributed by atoms with van der Waals surface area (Å²) in [7, 11) is 1.90. The van der Waals surface area contributed by atoms with Crippen LogP contribution in [0.25, 0.3) is 0 Å². The predicted molar refractivity (Wildman–Crippen MR) is 74.9 cm³/mol. The minimum absolute atomic E-state index is 0.0210. The number of hydrogen-bond acceptors (Lipinski definition) is 6. The summed E-state index contributed by atoms with van der Waals surface area (Å²) in [5.74, 6) is 2.23. The van der Waals surface area contributed by atoms with Crippen molar-refractivity contribution >= 4 is 11.4 Å². The number of hydrogen-bond donors (Lipinski definition) is 2. The molecule has 2 heterocycles. The van der Waals surface area contributed by atoms with E-state index in [9.17, 15) is 0 Å². The molecule has 1 unspecified atom stereocenters. The topological polar surface area (TPSA) is 87.2 Å². The van der Waals surface area contributed by atoms with E-state index in [-0.39, 0.29) is 6.04 Å². The van der Waals surface area contributed by atoms with Crippen LogP contribution in [-0.2, 0) is 7.05 Å². The number of benzene rings is 1. The molecule has 106 valence electrons. The Morgan fingerprint density at radius 2 is 2.00 bits per heavy atom. The van der Waals surface area contributed by atoms with Gasteiger partial charge in [-0.1, -0.05) is 0 Å². The molecule has 1 aliphatic heterocycles. The lowest BCUT2D eigenvalue weighted by Gasteiger charge is -2.22. The number of rotatable bonds is 3. The molecule has 20 heavy (non-hydrogen) atoms. The third-order valence-electron chi connectivity index (χ3n) is 3.22. The second-order valence-corrected chi connectivity index (χ2v) is 4.75. The van der Waals surface area contributed by atoms with Gasteiger partial charge in [-0.2, -0.15) is 0 Å². The number of fused-ring (bicyclic) bond motifs is 1. The zero-order chi connectivity index (χ0) is 14.1. The molecule has 0 spiro atoms.